The predicted octanol–water partition coefficient (Wildman–Crippen LogP) is 2.95. The number of non-ortho nitro benzene ring substituents is 2. The molecule has 0 radical (unpaired) electrons. The summed E-state index contributed by atoms with van der Waals surface area (Å²) in [6.45, 7) is 0. The van der Waals surface area contributed by atoms with Gasteiger partial charge in [-0.15, -0.1) is 0 Å². The molecule has 0 saturated heterocycles. The maximum Gasteiger partial charge on any atom is 0.271 e. The Labute approximate surface area is 119 Å². The van der Waals surface area contributed by atoms with E-state index in [1.807, 2.05) is 0 Å². The predicted molar refractivity (Wildman–Crippen MR) is 77.4 cm³/mol. The Hall–Kier alpha value is -3.29. The van der Waals surface area contributed by atoms with Crippen molar-refractivity contribution in [1.29, 1.82) is 0 Å². The molecule has 0 aliphatic heterocycles. The molecule has 2 aromatic rings. The number of hydrogen-bond donors (Lipinski definition) is 1. The van der Waals surface area contributed by atoms with Crippen molar-refractivity contribution in [2.75, 3.05) is 5.43 Å². The Morgan fingerprint density at radius 3 is 2.24 bits per heavy atom. The molecular formula is C13H10N4O4. The number of nitro benzene ring substituents is 2. The second-order valence-electron chi connectivity index (χ2n) is 4.03. The van der Waals surface area contributed by atoms with Gasteiger partial charge >= 0.3 is 0 Å². The average Bonchev–Trinajstić information content (AvgIpc) is 2.48. The zero-order chi connectivity index (χ0) is 15.2. The lowest BCUT2D eigenvalue weighted by Gasteiger charge is -1.99. The van der Waals surface area contributed by atoms with Gasteiger partial charge in [0.05, 0.1) is 21.7 Å². The first-order valence-electron chi connectivity index (χ1n) is 5.84. The molecule has 2 rings (SSSR count). The monoisotopic (exact) mass is 286 g/mol. The van der Waals surface area contributed by atoms with Gasteiger partial charge in [-0.05, 0) is 6.07 Å². The van der Waals surface area contributed by atoms with Crippen molar-refractivity contribution in [3.8, 4) is 0 Å². The van der Waals surface area contributed by atoms with Crippen molar-refractivity contribution >= 4 is 23.3 Å². The van der Waals surface area contributed by atoms with Gasteiger partial charge in [0.2, 0.25) is 0 Å². The summed E-state index contributed by atoms with van der Waals surface area (Å²) in [5.74, 6) is 0. The van der Waals surface area contributed by atoms with E-state index in [1.165, 1.54) is 36.5 Å². The van der Waals surface area contributed by atoms with Gasteiger partial charge in [-0.25, -0.2) is 0 Å². The SMILES string of the molecule is O=[N+]([O-])c1cccc(C=NNc2cccc([N+](=O)[O-])c2)c1. The fourth-order valence-electron chi connectivity index (χ4n) is 1.59. The molecule has 8 nitrogen and oxygen atoms in total. The van der Waals surface area contributed by atoms with Crippen molar-refractivity contribution in [3.63, 3.8) is 0 Å². The highest BCUT2D eigenvalue weighted by atomic mass is 16.6. The van der Waals surface area contributed by atoms with Crippen molar-refractivity contribution in [3.05, 3.63) is 74.3 Å². The van der Waals surface area contributed by atoms with Crippen LogP contribution < -0.4 is 5.43 Å². The summed E-state index contributed by atoms with van der Waals surface area (Å²) >= 11 is 0. The van der Waals surface area contributed by atoms with E-state index in [4.69, 9.17) is 0 Å². The summed E-state index contributed by atoms with van der Waals surface area (Å²) < 4.78 is 0. The number of hydrogen-bond acceptors (Lipinski definition) is 6. The van der Waals surface area contributed by atoms with Gasteiger partial charge in [-0.3, -0.25) is 25.7 Å². The van der Waals surface area contributed by atoms with Crippen molar-refractivity contribution in [1.82, 2.24) is 0 Å². The van der Waals surface area contributed by atoms with Gasteiger partial charge in [-0.1, -0.05) is 18.2 Å². The quantitative estimate of drug-likeness (QED) is 0.516. The minimum absolute atomic E-state index is 0.0331. The molecule has 0 bridgehead atoms. The smallest absolute Gasteiger partial charge is 0.271 e. The van der Waals surface area contributed by atoms with Gasteiger partial charge in [0.25, 0.3) is 11.4 Å². The maximum absolute atomic E-state index is 10.6. The molecule has 0 spiro atoms. The molecule has 0 aromatic heterocycles. The second-order valence-corrected chi connectivity index (χ2v) is 4.03. The number of benzene rings is 2. The largest absolute Gasteiger partial charge is 0.278 e. The highest BCUT2D eigenvalue weighted by Crippen LogP contribution is 2.17. The maximum atomic E-state index is 10.6. The molecule has 8 heteroatoms. The summed E-state index contributed by atoms with van der Waals surface area (Å²) in [5.41, 5.74) is 3.54. The van der Waals surface area contributed by atoms with Crippen LogP contribution in [0.5, 0.6) is 0 Å². The summed E-state index contributed by atoms with van der Waals surface area (Å²) in [6, 6.07) is 11.8. The van der Waals surface area contributed by atoms with Crippen LogP contribution in [0.25, 0.3) is 0 Å². The Bertz CT molecular complexity index is 715. The Morgan fingerprint density at radius 2 is 1.57 bits per heavy atom. The first-order valence-corrected chi connectivity index (χ1v) is 5.84. The highest BCUT2D eigenvalue weighted by Gasteiger charge is 2.05. The van der Waals surface area contributed by atoms with Crippen LogP contribution in [0, 0.1) is 20.2 Å². The number of hydrazone groups is 1. The normalized spacial score (nSPS) is 10.5. The number of rotatable bonds is 5. The van der Waals surface area contributed by atoms with E-state index in [0.29, 0.717) is 11.3 Å². The summed E-state index contributed by atoms with van der Waals surface area (Å²) in [7, 11) is 0. The Balaban J connectivity index is 2.09. The van der Waals surface area contributed by atoms with Gasteiger partial charge in [0.1, 0.15) is 0 Å². The van der Waals surface area contributed by atoms with Crippen LogP contribution in [-0.4, -0.2) is 16.1 Å². The van der Waals surface area contributed by atoms with E-state index >= 15 is 0 Å². The number of anilines is 1. The zero-order valence-electron chi connectivity index (χ0n) is 10.7. The third-order valence-electron chi connectivity index (χ3n) is 2.55. The molecule has 21 heavy (non-hydrogen) atoms. The van der Waals surface area contributed by atoms with Gasteiger partial charge in [-0.2, -0.15) is 5.10 Å². The number of nitro groups is 2. The van der Waals surface area contributed by atoms with Crippen LogP contribution in [-0.2, 0) is 0 Å². The Kier molecular flexibility index (Phi) is 4.20. The van der Waals surface area contributed by atoms with Crippen LogP contribution >= 0.6 is 0 Å². The summed E-state index contributed by atoms with van der Waals surface area (Å²) in [6.07, 6.45) is 1.39. The molecule has 0 unspecified atom stereocenters. The van der Waals surface area contributed by atoms with E-state index < -0.39 is 9.85 Å². The van der Waals surface area contributed by atoms with Crippen LogP contribution in [0.1, 0.15) is 5.56 Å². The van der Waals surface area contributed by atoms with Gasteiger partial charge in [0.15, 0.2) is 0 Å². The molecule has 106 valence electrons. The molecule has 0 fully saturated rings. The fourth-order valence-corrected chi connectivity index (χ4v) is 1.59. The molecule has 0 atom stereocenters. The molecular weight excluding hydrogens is 276 g/mol. The second kappa shape index (κ2) is 6.24. The average molecular weight is 286 g/mol. The lowest BCUT2D eigenvalue weighted by atomic mass is 10.2. The summed E-state index contributed by atoms with van der Waals surface area (Å²) in [4.78, 5) is 20.3. The van der Waals surface area contributed by atoms with E-state index in [2.05, 4.69) is 10.5 Å². The number of nitrogens with zero attached hydrogens (tertiary/aromatic N) is 3. The van der Waals surface area contributed by atoms with E-state index in [0.717, 1.165) is 0 Å². The molecule has 0 saturated carbocycles. The van der Waals surface area contributed by atoms with Crippen LogP contribution in [0.2, 0.25) is 0 Å². The van der Waals surface area contributed by atoms with Crippen LogP contribution in [0.15, 0.2) is 53.6 Å². The van der Waals surface area contributed by atoms with Gasteiger partial charge in [0, 0.05) is 29.8 Å². The lowest BCUT2D eigenvalue weighted by molar-refractivity contribution is -0.385. The minimum Gasteiger partial charge on any atom is -0.278 e. The summed E-state index contributed by atoms with van der Waals surface area (Å²) in [5, 5.41) is 25.1. The van der Waals surface area contributed by atoms with E-state index in [-0.39, 0.29) is 11.4 Å². The third-order valence-corrected chi connectivity index (χ3v) is 2.55. The van der Waals surface area contributed by atoms with E-state index in [9.17, 15) is 20.2 Å². The van der Waals surface area contributed by atoms with E-state index in [1.54, 1.807) is 18.2 Å². The molecule has 0 heterocycles. The Morgan fingerprint density at radius 1 is 0.952 bits per heavy atom. The van der Waals surface area contributed by atoms with Crippen molar-refractivity contribution < 1.29 is 9.85 Å². The topological polar surface area (TPSA) is 111 Å². The molecule has 1 N–H and O–H groups in total. The molecule has 0 amide bonds. The van der Waals surface area contributed by atoms with Crippen molar-refractivity contribution in [2.45, 2.75) is 0 Å². The van der Waals surface area contributed by atoms with Gasteiger partial charge < -0.3 is 0 Å². The molecule has 0 aliphatic carbocycles. The molecule has 2 aromatic carbocycles. The standard InChI is InChI=1S/C13H10N4O4/c18-16(19)12-5-1-3-10(7-12)9-14-15-11-4-2-6-13(8-11)17(20)21/h1-9,15H. The fraction of sp³-hybridized carbons (Fsp3) is 0. The minimum atomic E-state index is -0.505. The third kappa shape index (κ3) is 3.83. The van der Waals surface area contributed by atoms with Crippen molar-refractivity contribution in [2.24, 2.45) is 5.10 Å². The number of nitrogens with one attached hydrogen (secondary N) is 1. The first kappa shape index (κ1) is 14.1. The lowest BCUT2D eigenvalue weighted by Crippen LogP contribution is -1.94. The van der Waals surface area contributed by atoms with Crippen LogP contribution in [0.3, 0.4) is 0 Å². The van der Waals surface area contributed by atoms with Crippen LogP contribution in [0.4, 0.5) is 17.1 Å². The molecule has 0 aliphatic rings. The highest BCUT2D eigenvalue weighted by molar-refractivity contribution is 5.81. The first-order chi connectivity index (χ1) is 10.1. The zero-order valence-corrected chi connectivity index (χ0v) is 10.7.